The summed E-state index contributed by atoms with van der Waals surface area (Å²) < 4.78 is 12.0. The van der Waals surface area contributed by atoms with E-state index in [4.69, 9.17) is 9.47 Å². The van der Waals surface area contributed by atoms with Gasteiger partial charge in [0.05, 0.1) is 6.42 Å². The SMILES string of the molecule is O=C(Cc1cc2c(cc1Br)OCCO2)Nc1ccccc1Cc1ccccc1. The summed E-state index contributed by atoms with van der Waals surface area (Å²) >= 11 is 3.53. The van der Waals surface area contributed by atoms with Crippen LogP contribution in [0.3, 0.4) is 0 Å². The number of halogens is 1. The largest absolute Gasteiger partial charge is 0.486 e. The van der Waals surface area contributed by atoms with Crippen molar-refractivity contribution in [3.63, 3.8) is 0 Å². The molecule has 0 unspecified atom stereocenters. The summed E-state index contributed by atoms with van der Waals surface area (Å²) in [5, 5.41) is 3.05. The molecule has 0 atom stereocenters. The Morgan fingerprint density at radius 3 is 2.36 bits per heavy atom. The first kappa shape index (κ1) is 18.6. The lowest BCUT2D eigenvalue weighted by atomic mass is 10.0. The molecule has 0 spiro atoms. The maximum Gasteiger partial charge on any atom is 0.228 e. The Hall–Kier alpha value is -2.79. The standard InChI is InChI=1S/C23H20BrNO3/c24-19-15-22-21(27-10-11-28-22)13-18(19)14-23(26)25-20-9-5-4-8-17(20)12-16-6-2-1-3-7-16/h1-9,13,15H,10-12,14H2,(H,25,26). The van der Waals surface area contributed by atoms with Crippen molar-refractivity contribution < 1.29 is 14.3 Å². The van der Waals surface area contributed by atoms with Crippen molar-refractivity contribution in [2.24, 2.45) is 0 Å². The van der Waals surface area contributed by atoms with E-state index >= 15 is 0 Å². The van der Waals surface area contributed by atoms with Gasteiger partial charge in [0.15, 0.2) is 11.5 Å². The van der Waals surface area contributed by atoms with Crippen LogP contribution in [0, 0.1) is 0 Å². The van der Waals surface area contributed by atoms with Gasteiger partial charge in [-0.1, -0.05) is 64.5 Å². The van der Waals surface area contributed by atoms with Crippen LogP contribution in [0.25, 0.3) is 0 Å². The summed E-state index contributed by atoms with van der Waals surface area (Å²) in [5.74, 6) is 1.31. The Bertz CT molecular complexity index is 988. The number of rotatable bonds is 5. The van der Waals surface area contributed by atoms with Crippen LogP contribution in [-0.4, -0.2) is 19.1 Å². The van der Waals surface area contributed by atoms with Crippen LogP contribution >= 0.6 is 15.9 Å². The average Bonchev–Trinajstić information content (AvgIpc) is 2.71. The second-order valence-corrected chi connectivity index (χ2v) is 7.49. The molecule has 0 bridgehead atoms. The zero-order valence-corrected chi connectivity index (χ0v) is 16.9. The summed E-state index contributed by atoms with van der Waals surface area (Å²) in [5.41, 5.74) is 3.99. The maximum atomic E-state index is 12.7. The van der Waals surface area contributed by atoms with Gasteiger partial charge < -0.3 is 14.8 Å². The second kappa shape index (κ2) is 8.48. The lowest BCUT2D eigenvalue weighted by Gasteiger charge is -2.20. The fraction of sp³-hybridized carbons (Fsp3) is 0.174. The second-order valence-electron chi connectivity index (χ2n) is 6.63. The summed E-state index contributed by atoms with van der Waals surface area (Å²) in [6.45, 7) is 1.06. The van der Waals surface area contributed by atoms with E-state index in [2.05, 4.69) is 33.4 Å². The van der Waals surface area contributed by atoms with Gasteiger partial charge in [-0.2, -0.15) is 0 Å². The number of carbonyl (C=O) groups is 1. The van der Waals surface area contributed by atoms with Crippen molar-refractivity contribution in [1.29, 1.82) is 0 Å². The van der Waals surface area contributed by atoms with E-state index in [9.17, 15) is 4.79 Å². The predicted octanol–water partition coefficient (Wildman–Crippen LogP) is 4.99. The molecule has 0 aliphatic carbocycles. The Balaban J connectivity index is 1.49. The van der Waals surface area contributed by atoms with E-state index in [0.717, 1.165) is 27.7 Å². The highest BCUT2D eigenvalue weighted by Crippen LogP contribution is 2.35. The third-order valence-corrected chi connectivity index (χ3v) is 5.33. The first-order valence-electron chi connectivity index (χ1n) is 9.19. The zero-order chi connectivity index (χ0) is 19.3. The molecule has 1 heterocycles. The molecule has 3 aromatic rings. The van der Waals surface area contributed by atoms with Crippen molar-refractivity contribution in [2.75, 3.05) is 18.5 Å². The van der Waals surface area contributed by atoms with Gasteiger partial charge in [0.1, 0.15) is 13.2 Å². The molecule has 1 aliphatic heterocycles. The van der Waals surface area contributed by atoms with E-state index in [1.54, 1.807) is 0 Å². The van der Waals surface area contributed by atoms with Crippen molar-refractivity contribution >= 4 is 27.5 Å². The van der Waals surface area contributed by atoms with Gasteiger partial charge in [-0.25, -0.2) is 0 Å². The lowest BCUT2D eigenvalue weighted by molar-refractivity contribution is -0.115. The van der Waals surface area contributed by atoms with Gasteiger partial charge in [0.25, 0.3) is 0 Å². The molecule has 0 aromatic heterocycles. The van der Waals surface area contributed by atoms with Crippen molar-refractivity contribution in [1.82, 2.24) is 0 Å². The molecule has 5 heteroatoms. The molecule has 0 fully saturated rings. The Morgan fingerprint density at radius 1 is 0.893 bits per heavy atom. The highest BCUT2D eigenvalue weighted by atomic mass is 79.9. The summed E-state index contributed by atoms with van der Waals surface area (Å²) in [6.07, 6.45) is 1.02. The van der Waals surface area contributed by atoms with Crippen LogP contribution in [0.15, 0.2) is 71.2 Å². The molecule has 1 amide bonds. The lowest BCUT2D eigenvalue weighted by Crippen LogP contribution is -2.18. The fourth-order valence-electron chi connectivity index (χ4n) is 3.22. The number of nitrogens with one attached hydrogen (secondary N) is 1. The van der Waals surface area contributed by atoms with Crippen LogP contribution in [0.4, 0.5) is 5.69 Å². The van der Waals surface area contributed by atoms with Crippen LogP contribution < -0.4 is 14.8 Å². The topological polar surface area (TPSA) is 47.6 Å². The molecule has 1 aliphatic rings. The molecule has 3 aromatic carbocycles. The molecule has 1 N–H and O–H groups in total. The van der Waals surface area contributed by atoms with Gasteiger partial charge in [-0.15, -0.1) is 0 Å². The van der Waals surface area contributed by atoms with Crippen molar-refractivity contribution in [2.45, 2.75) is 12.8 Å². The third-order valence-electron chi connectivity index (χ3n) is 4.59. The molecular weight excluding hydrogens is 418 g/mol. The van der Waals surface area contributed by atoms with E-state index < -0.39 is 0 Å². The molecule has 142 valence electrons. The number of ether oxygens (including phenoxy) is 2. The van der Waals surface area contributed by atoms with E-state index in [1.165, 1.54) is 5.56 Å². The van der Waals surface area contributed by atoms with E-state index in [-0.39, 0.29) is 12.3 Å². The van der Waals surface area contributed by atoms with Crippen molar-refractivity contribution in [3.05, 3.63) is 87.9 Å². The van der Waals surface area contributed by atoms with Crippen LogP contribution in [0.5, 0.6) is 11.5 Å². The molecule has 28 heavy (non-hydrogen) atoms. The van der Waals surface area contributed by atoms with E-state index in [0.29, 0.717) is 24.7 Å². The van der Waals surface area contributed by atoms with Gasteiger partial charge >= 0.3 is 0 Å². The minimum Gasteiger partial charge on any atom is -0.486 e. The number of hydrogen-bond acceptors (Lipinski definition) is 3. The molecule has 0 saturated heterocycles. The number of carbonyl (C=O) groups excluding carboxylic acids is 1. The fourth-order valence-corrected chi connectivity index (χ4v) is 3.68. The summed E-state index contributed by atoms with van der Waals surface area (Å²) in [6, 6.07) is 21.9. The number of amides is 1. The number of benzene rings is 3. The van der Waals surface area contributed by atoms with Crippen LogP contribution in [0.2, 0.25) is 0 Å². The first-order chi connectivity index (χ1) is 13.7. The smallest absolute Gasteiger partial charge is 0.228 e. The minimum atomic E-state index is -0.0714. The molecule has 0 saturated carbocycles. The minimum absolute atomic E-state index is 0.0714. The normalized spacial score (nSPS) is 12.5. The zero-order valence-electron chi connectivity index (χ0n) is 15.3. The van der Waals surface area contributed by atoms with Crippen molar-refractivity contribution in [3.8, 4) is 11.5 Å². The average molecular weight is 438 g/mol. The number of para-hydroxylation sites is 1. The maximum absolute atomic E-state index is 12.7. The van der Waals surface area contributed by atoms with E-state index in [1.807, 2.05) is 54.6 Å². The third kappa shape index (κ3) is 4.37. The molecule has 4 nitrogen and oxygen atoms in total. The summed E-state index contributed by atoms with van der Waals surface area (Å²) in [7, 11) is 0. The predicted molar refractivity (Wildman–Crippen MR) is 113 cm³/mol. The monoisotopic (exact) mass is 437 g/mol. The number of hydrogen-bond donors (Lipinski definition) is 1. The Morgan fingerprint density at radius 2 is 1.57 bits per heavy atom. The highest BCUT2D eigenvalue weighted by molar-refractivity contribution is 9.10. The van der Waals surface area contributed by atoms with Gasteiger partial charge in [-0.3, -0.25) is 4.79 Å². The van der Waals surface area contributed by atoms with Crippen LogP contribution in [0.1, 0.15) is 16.7 Å². The molecule has 4 rings (SSSR count). The van der Waals surface area contributed by atoms with Gasteiger partial charge in [-0.05, 0) is 41.3 Å². The quantitative estimate of drug-likeness (QED) is 0.611. The Kier molecular flexibility index (Phi) is 5.63. The Labute approximate surface area is 172 Å². The highest BCUT2D eigenvalue weighted by Gasteiger charge is 2.17. The van der Waals surface area contributed by atoms with Gasteiger partial charge in [0.2, 0.25) is 5.91 Å². The number of fused-ring (bicyclic) bond motifs is 1. The van der Waals surface area contributed by atoms with Crippen LogP contribution in [-0.2, 0) is 17.6 Å². The van der Waals surface area contributed by atoms with Gasteiger partial charge in [0, 0.05) is 10.2 Å². The molecular formula is C23H20BrNO3. The molecule has 0 radical (unpaired) electrons. The number of anilines is 1. The first-order valence-corrected chi connectivity index (χ1v) is 9.98. The summed E-state index contributed by atoms with van der Waals surface area (Å²) in [4.78, 5) is 12.7.